The number of likely N-dealkylation sites (tertiary alicyclic amines) is 2. The lowest BCUT2D eigenvalue weighted by Crippen LogP contribution is -2.45. The molecule has 4 heteroatoms. The molecule has 1 aromatic rings. The first kappa shape index (κ1) is 15.9. The first-order chi connectivity index (χ1) is 10.7. The molecule has 3 nitrogen and oxygen atoms in total. The maximum atomic E-state index is 13.0. The van der Waals surface area contributed by atoms with E-state index >= 15 is 0 Å². The van der Waals surface area contributed by atoms with Crippen molar-refractivity contribution in [3.63, 3.8) is 0 Å². The molecule has 2 aliphatic rings. The van der Waals surface area contributed by atoms with Crippen LogP contribution in [0.1, 0.15) is 37.7 Å². The topological polar surface area (TPSA) is 26.7 Å². The first-order valence-electron chi connectivity index (χ1n) is 8.59. The van der Waals surface area contributed by atoms with Crippen LogP contribution in [0.15, 0.2) is 24.3 Å². The fourth-order valence-corrected chi connectivity index (χ4v) is 3.66. The number of hydrogen-bond acceptors (Lipinski definition) is 3. The van der Waals surface area contributed by atoms with Gasteiger partial charge in [0.15, 0.2) is 0 Å². The summed E-state index contributed by atoms with van der Waals surface area (Å²) in [4.78, 5) is 5.01. The Morgan fingerprint density at radius 1 is 0.864 bits per heavy atom. The summed E-state index contributed by atoms with van der Waals surface area (Å²) in [6.45, 7) is 6.57. The second kappa shape index (κ2) is 7.07. The maximum Gasteiger partial charge on any atom is 0.123 e. The summed E-state index contributed by atoms with van der Waals surface area (Å²) in [5.74, 6) is -0.244. The van der Waals surface area contributed by atoms with E-state index in [1.165, 1.54) is 44.5 Å². The molecule has 0 amide bonds. The molecule has 0 aromatic heterocycles. The lowest BCUT2D eigenvalue weighted by Gasteiger charge is -2.39. The average Bonchev–Trinajstić information content (AvgIpc) is 2.56. The zero-order valence-corrected chi connectivity index (χ0v) is 13.3. The number of aliphatic hydroxyl groups is 1. The van der Waals surface area contributed by atoms with Crippen LogP contribution in [-0.2, 0) is 5.60 Å². The van der Waals surface area contributed by atoms with Crippen LogP contribution in [0.5, 0.6) is 0 Å². The molecule has 2 saturated heterocycles. The van der Waals surface area contributed by atoms with Crippen LogP contribution in [0.3, 0.4) is 0 Å². The number of halogens is 1. The van der Waals surface area contributed by atoms with Crippen LogP contribution >= 0.6 is 0 Å². The van der Waals surface area contributed by atoms with Crippen molar-refractivity contribution in [2.45, 2.75) is 37.7 Å². The molecule has 2 fully saturated rings. The van der Waals surface area contributed by atoms with E-state index in [1.807, 2.05) is 0 Å². The Hall–Kier alpha value is -0.970. The standard InChI is InChI=1S/C18H27FN2O/c19-17-6-4-16(5-7-17)18(22)8-12-21(13-9-18)15-14-20-10-2-1-3-11-20/h4-7,22H,1-3,8-15H2. The fourth-order valence-electron chi connectivity index (χ4n) is 3.66. The van der Waals surface area contributed by atoms with E-state index in [0.717, 1.165) is 44.6 Å². The van der Waals surface area contributed by atoms with Crippen LogP contribution < -0.4 is 0 Å². The maximum absolute atomic E-state index is 13.0. The predicted octanol–water partition coefficient (Wildman–Crippen LogP) is 2.60. The Bertz CT molecular complexity index is 462. The van der Waals surface area contributed by atoms with Crippen LogP contribution in [0.25, 0.3) is 0 Å². The highest BCUT2D eigenvalue weighted by Gasteiger charge is 2.33. The van der Waals surface area contributed by atoms with Crippen molar-refractivity contribution in [1.82, 2.24) is 9.80 Å². The van der Waals surface area contributed by atoms with Gasteiger partial charge in [-0.2, -0.15) is 0 Å². The average molecular weight is 306 g/mol. The van der Waals surface area contributed by atoms with Gasteiger partial charge in [-0.15, -0.1) is 0 Å². The van der Waals surface area contributed by atoms with Gasteiger partial charge in [-0.1, -0.05) is 18.6 Å². The predicted molar refractivity (Wildman–Crippen MR) is 86.3 cm³/mol. The van der Waals surface area contributed by atoms with Crippen molar-refractivity contribution >= 4 is 0 Å². The molecule has 2 aliphatic heterocycles. The molecular formula is C18H27FN2O. The molecule has 0 aliphatic carbocycles. The molecule has 0 atom stereocenters. The van der Waals surface area contributed by atoms with Gasteiger partial charge in [-0.05, 0) is 56.5 Å². The van der Waals surface area contributed by atoms with Gasteiger partial charge in [0.25, 0.3) is 0 Å². The zero-order valence-electron chi connectivity index (χ0n) is 13.3. The van der Waals surface area contributed by atoms with Crippen molar-refractivity contribution in [2.75, 3.05) is 39.3 Å². The normalized spacial score (nSPS) is 23.5. The summed E-state index contributed by atoms with van der Waals surface area (Å²) in [5, 5.41) is 10.8. The second-order valence-electron chi connectivity index (χ2n) is 6.78. The number of nitrogens with zero attached hydrogens (tertiary/aromatic N) is 2. The summed E-state index contributed by atoms with van der Waals surface area (Å²) in [7, 11) is 0. The van der Waals surface area contributed by atoms with Gasteiger partial charge in [0, 0.05) is 26.2 Å². The molecule has 1 aromatic carbocycles. The van der Waals surface area contributed by atoms with E-state index < -0.39 is 5.60 Å². The highest BCUT2D eigenvalue weighted by atomic mass is 19.1. The van der Waals surface area contributed by atoms with Crippen molar-refractivity contribution < 1.29 is 9.50 Å². The smallest absolute Gasteiger partial charge is 0.123 e. The van der Waals surface area contributed by atoms with E-state index in [-0.39, 0.29) is 5.82 Å². The zero-order chi connectivity index (χ0) is 15.4. The summed E-state index contributed by atoms with van der Waals surface area (Å²) >= 11 is 0. The number of hydrogen-bond donors (Lipinski definition) is 1. The third-order valence-electron chi connectivity index (χ3n) is 5.25. The molecule has 3 rings (SSSR count). The Morgan fingerprint density at radius 2 is 1.41 bits per heavy atom. The van der Waals surface area contributed by atoms with E-state index in [4.69, 9.17) is 0 Å². The summed E-state index contributed by atoms with van der Waals surface area (Å²) in [5.41, 5.74) is 0.0690. The van der Waals surface area contributed by atoms with E-state index in [0.29, 0.717) is 0 Å². The minimum atomic E-state index is -0.782. The van der Waals surface area contributed by atoms with E-state index in [1.54, 1.807) is 12.1 Å². The Labute approximate surface area is 132 Å². The minimum Gasteiger partial charge on any atom is -0.385 e. The first-order valence-corrected chi connectivity index (χ1v) is 8.59. The Balaban J connectivity index is 1.48. The molecule has 0 bridgehead atoms. The number of benzene rings is 1. The third-order valence-corrected chi connectivity index (χ3v) is 5.25. The van der Waals surface area contributed by atoms with Crippen LogP contribution in [-0.4, -0.2) is 54.2 Å². The molecule has 1 N–H and O–H groups in total. The molecule has 0 unspecified atom stereocenters. The number of rotatable bonds is 4. The highest BCUT2D eigenvalue weighted by Crippen LogP contribution is 2.32. The minimum absolute atomic E-state index is 0.244. The van der Waals surface area contributed by atoms with Gasteiger partial charge in [-0.3, -0.25) is 0 Å². The van der Waals surface area contributed by atoms with Crippen molar-refractivity contribution in [3.05, 3.63) is 35.6 Å². The molecule has 2 heterocycles. The Morgan fingerprint density at radius 3 is 2.00 bits per heavy atom. The molecule has 0 saturated carbocycles. The van der Waals surface area contributed by atoms with Gasteiger partial charge >= 0.3 is 0 Å². The van der Waals surface area contributed by atoms with Crippen molar-refractivity contribution in [1.29, 1.82) is 0 Å². The lowest BCUT2D eigenvalue weighted by molar-refractivity contribution is -0.0275. The summed E-state index contributed by atoms with van der Waals surface area (Å²) in [6, 6.07) is 6.32. The van der Waals surface area contributed by atoms with E-state index in [9.17, 15) is 9.50 Å². The number of piperidine rings is 2. The molecule has 0 radical (unpaired) electrons. The van der Waals surface area contributed by atoms with Gasteiger partial charge in [0.05, 0.1) is 5.60 Å². The van der Waals surface area contributed by atoms with E-state index in [2.05, 4.69) is 9.80 Å². The summed E-state index contributed by atoms with van der Waals surface area (Å²) < 4.78 is 13.0. The molecule has 0 spiro atoms. The van der Waals surface area contributed by atoms with Crippen LogP contribution in [0.2, 0.25) is 0 Å². The quantitative estimate of drug-likeness (QED) is 0.926. The molecular weight excluding hydrogens is 279 g/mol. The van der Waals surface area contributed by atoms with Gasteiger partial charge in [0.2, 0.25) is 0 Å². The fraction of sp³-hybridized carbons (Fsp3) is 0.667. The van der Waals surface area contributed by atoms with Gasteiger partial charge in [0.1, 0.15) is 5.82 Å². The van der Waals surface area contributed by atoms with Gasteiger partial charge < -0.3 is 14.9 Å². The summed E-state index contributed by atoms with van der Waals surface area (Å²) in [6.07, 6.45) is 5.52. The lowest BCUT2D eigenvalue weighted by atomic mass is 9.84. The largest absolute Gasteiger partial charge is 0.385 e. The molecule has 122 valence electrons. The highest BCUT2D eigenvalue weighted by molar-refractivity contribution is 5.23. The monoisotopic (exact) mass is 306 g/mol. The van der Waals surface area contributed by atoms with Crippen molar-refractivity contribution in [3.8, 4) is 0 Å². The second-order valence-corrected chi connectivity index (χ2v) is 6.78. The molecule has 22 heavy (non-hydrogen) atoms. The third kappa shape index (κ3) is 3.86. The van der Waals surface area contributed by atoms with Crippen molar-refractivity contribution in [2.24, 2.45) is 0 Å². The Kier molecular flexibility index (Phi) is 5.11. The van der Waals surface area contributed by atoms with Crippen LogP contribution in [0.4, 0.5) is 4.39 Å². The SMILES string of the molecule is OC1(c2ccc(F)cc2)CCN(CCN2CCCCC2)CC1. The van der Waals surface area contributed by atoms with Gasteiger partial charge in [-0.25, -0.2) is 4.39 Å². The van der Waals surface area contributed by atoms with Crippen LogP contribution in [0, 0.1) is 5.82 Å².